The van der Waals surface area contributed by atoms with E-state index in [0.717, 1.165) is 10.1 Å². The lowest BCUT2D eigenvalue weighted by atomic mass is 10.2. The number of hydrogen-bond acceptors (Lipinski definition) is 2. The van der Waals surface area contributed by atoms with E-state index < -0.39 is 5.56 Å². The summed E-state index contributed by atoms with van der Waals surface area (Å²) >= 11 is 17.5. The summed E-state index contributed by atoms with van der Waals surface area (Å²) in [5.74, 6) is -0.379. The molecule has 0 saturated carbocycles. The van der Waals surface area contributed by atoms with Crippen molar-refractivity contribution >= 4 is 46.4 Å². The Labute approximate surface area is 136 Å². The SMILES string of the molecule is Cc1ccc(NC(=O)Cn2cc(Cl)cc(Cl)c2=O)cc1Cl. The molecule has 1 amide bonds. The lowest BCUT2D eigenvalue weighted by Gasteiger charge is -2.09. The predicted octanol–water partition coefficient (Wildman–Crippen LogP) is 3.76. The summed E-state index contributed by atoms with van der Waals surface area (Å²) in [5.41, 5.74) is 0.988. The van der Waals surface area contributed by atoms with Gasteiger partial charge in [0.05, 0.1) is 5.02 Å². The minimum absolute atomic E-state index is 0.0336. The topological polar surface area (TPSA) is 51.1 Å². The van der Waals surface area contributed by atoms with E-state index in [1.54, 1.807) is 18.2 Å². The first kappa shape index (κ1) is 15.9. The number of benzene rings is 1. The molecular weight excluding hydrogens is 335 g/mol. The maximum Gasteiger partial charge on any atom is 0.269 e. The quantitative estimate of drug-likeness (QED) is 0.921. The molecule has 4 nitrogen and oxygen atoms in total. The molecule has 0 aliphatic rings. The molecule has 2 aromatic rings. The second-order valence-corrected chi connectivity index (χ2v) is 5.70. The van der Waals surface area contributed by atoms with Gasteiger partial charge in [-0.2, -0.15) is 0 Å². The third-order valence-corrected chi connectivity index (χ3v) is 3.66. The van der Waals surface area contributed by atoms with Crippen LogP contribution in [0.4, 0.5) is 5.69 Å². The van der Waals surface area contributed by atoms with Crippen LogP contribution < -0.4 is 10.9 Å². The molecule has 0 aliphatic heterocycles. The average molecular weight is 346 g/mol. The fraction of sp³-hybridized carbons (Fsp3) is 0.143. The van der Waals surface area contributed by atoms with Crippen LogP contribution >= 0.6 is 34.8 Å². The van der Waals surface area contributed by atoms with Gasteiger partial charge in [-0.25, -0.2) is 0 Å². The van der Waals surface area contributed by atoms with Crippen LogP contribution in [0.2, 0.25) is 15.1 Å². The normalized spacial score (nSPS) is 10.5. The minimum atomic E-state index is -0.474. The summed E-state index contributed by atoms with van der Waals surface area (Å²) < 4.78 is 1.15. The Morgan fingerprint density at radius 2 is 1.90 bits per heavy atom. The van der Waals surface area contributed by atoms with Gasteiger partial charge >= 0.3 is 0 Å². The van der Waals surface area contributed by atoms with Gasteiger partial charge in [-0.05, 0) is 30.7 Å². The molecule has 1 heterocycles. The zero-order valence-electron chi connectivity index (χ0n) is 11.0. The highest BCUT2D eigenvalue weighted by atomic mass is 35.5. The van der Waals surface area contributed by atoms with Crippen LogP contribution in [-0.4, -0.2) is 10.5 Å². The van der Waals surface area contributed by atoms with Crippen molar-refractivity contribution in [2.45, 2.75) is 13.5 Å². The summed E-state index contributed by atoms with van der Waals surface area (Å²) in [7, 11) is 0. The summed E-state index contributed by atoms with van der Waals surface area (Å²) in [5, 5.41) is 3.46. The van der Waals surface area contributed by atoms with Gasteiger partial charge in [-0.3, -0.25) is 9.59 Å². The zero-order chi connectivity index (χ0) is 15.6. The standard InChI is InChI=1S/C14H11Cl3N2O2/c1-8-2-3-10(5-11(8)16)18-13(20)7-19-6-9(15)4-12(17)14(19)21/h2-6H,7H2,1H3,(H,18,20). The molecular formula is C14H11Cl3N2O2. The Bertz CT molecular complexity index is 756. The maximum atomic E-state index is 12.0. The lowest BCUT2D eigenvalue weighted by molar-refractivity contribution is -0.116. The molecule has 0 aliphatic carbocycles. The molecule has 0 atom stereocenters. The van der Waals surface area contributed by atoms with Crippen LogP contribution in [-0.2, 0) is 11.3 Å². The van der Waals surface area contributed by atoms with Gasteiger partial charge in [-0.15, -0.1) is 0 Å². The molecule has 2 rings (SSSR count). The van der Waals surface area contributed by atoms with Crippen molar-refractivity contribution in [2.24, 2.45) is 0 Å². The predicted molar refractivity (Wildman–Crippen MR) is 85.5 cm³/mol. The van der Waals surface area contributed by atoms with Gasteiger partial charge in [0.1, 0.15) is 11.6 Å². The smallest absolute Gasteiger partial charge is 0.269 e. The van der Waals surface area contributed by atoms with Gasteiger partial charge < -0.3 is 9.88 Å². The molecule has 21 heavy (non-hydrogen) atoms. The van der Waals surface area contributed by atoms with Gasteiger partial charge in [0.2, 0.25) is 5.91 Å². The van der Waals surface area contributed by atoms with Crippen LogP contribution in [0.3, 0.4) is 0 Å². The highest BCUT2D eigenvalue weighted by Crippen LogP contribution is 2.20. The highest BCUT2D eigenvalue weighted by Gasteiger charge is 2.09. The molecule has 1 N–H and O–H groups in total. The highest BCUT2D eigenvalue weighted by molar-refractivity contribution is 6.34. The number of rotatable bonds is 3. The molecule has 110 valence electrons. The Morgan fingerprint density at radius 1 is 1.19 bits per heavy atom. The maximum absolute atomic E-state index is 12.0. The third kappa shape index (κ3) is 4.00. The number of carbonyl (C=O) groups excluding carboxylic acids is 1. The molecule has 0 saturated heterocycles. The number of anilines is 1. The first-order chi connectivity index (χ1) is 9.86. The third-order valence-electron chi connectivity index (χ3n) is 2.78. The number of nitrogens with one attached hydrogen (secondary N) is 1. The van der Waals surface area contributed by atoms with Crippen LogP contribution in [0.15, 0.2) is 35.3 Å². The van der Waals surface area contributed by atoms with Crippen LogP contribution in [0.5, 0.6) is 0 Å². The number of pyridine rings is 1. The number of aromatic nitrogens is 1. The second-order valence-electron chi connectivity index (χ2n) is 4.45. The van der Waals surface area contributed by atoms with Crippen molar-refractivity contribution in [2.75, 3.05) is 5.32 Å². The Balaban J connectivity index is 2.15. The number of amides is 1. The zero-order valence-corrected chi connectivity index (χ0v) is 13.3. The van der Waals surface area contributed by atoms with Gasteiger partial charge in [0.25, 0.3) is 5.56 Å². The van der Waals surface area contributed by atoms with E-state index in [1.807, 2.05) is 6.92 Å². The van der Waals surface area contributed by atoms with Crippen molar-refractivity contribution in [3.63, 3.8) is 0 Å². The first-order valence-corrected chi connectivity index (χ1v) is 7.11. The molecule has 0 unspecified atom stereocenters. The summed E-state index contributed by atoms with van der Waals surface area (Å²) in [6.45, 7) is 1.67. The van der Waals surface area contributed by atoms with Crippen molar-refractivity contribution in [3.8, 4) is 0 Å². The summed E-state index contributed by atoms with van der Waals surface area (Å²) in [6, 6.07) is 6.50. The van der Waals surface area contributed by atoms with E-state index >= 15 is 0 Å². The monoisotopic (exact) mass is 344 g/mol. The van der Waals surface area contributed by atoms with E-state index in [4.69, 9.17) is 34.8 Å². The molecule has 0 spiro atoms. The molecule has 1 aromatic carbocycles. The van der Waals surface area contributed by atoms with Gasteiger partial charge in [-0.1, -0.05) is 40.9 Å². The van der Waals surface area contributed by atoms with E-state index in [0.29, 0.717) is 10.7 Å². The van der Waals surface area contributed by atoms with Gasteiger partial charge in [0, 0.05) is 16.9 Å². The van der Waals surface area contributed by atoms with E-state index in [-0.39, 0.29) is 22.5 Å². The van der Waals surface area contributed by atoms with Crippen molar-refractivity contribution in [1.29, 1.82) is 0 Å². The van der Waals surface area contributed by atoms with Crippen molar-refractivity contribution < 1.29 is 4.79 Å². The number of halogens is 3. The van der Waals surface area contributed by atoms with Gasteiger partial charge in [0.15, 0.2) is 0 Å². The molecule has 7 heteroatoms. The Kier molecular flexibility index (Phi) is 4.93. The summed E-state index contributed by atoms with van der Waals surface area (Å²) in [4.78, 5) is 23.7. The lowest BCUT2D eigenvalue weighted by Crippen LogP contribution is -2.27. The molecule has 0 radical (unpaired) electrons. The summed E-state index contributed by atoms with van der Waals surface area (Å²) in [6.07, 6.45) is 1.36. The number of nitrogens with zero attached hydrogens (tertiary/aromatic N) is 1. The number of carbonyl (C=O) groups is 1. The fourth-order valence-electron chi connectivity index (χ4n) is 1.71. The van der Waals surface area contributed by atoms with Crippen LogP contribution in [0.1, 0.15) is 5.56 Å². The van der Waals surface area contributed by atoms with Crippen molar-refractivity contribution in [3.05, 3.63) is 61.4 Å². The Hall–Kier alpha value is -1.49. The van der Waals surface area contributed by atoms with E-state index in [9.17, 15) is 9.59 Å². The first-order valence-electron chi connectivity index (χ1n) is 5.98. The minimum Gasteiger partial charge on any atom is -0.324 e. The molecule has 1 aromatic heterocycles. The van der Waals surface area contributed by atoms with Crippen LogP contribution in [0, 0.1) is 6.92 Å². The number of aryl methyl sites for hydroxylation is 1. The molecule has 0 bridgehead atoms. The van der Waals surface area contributed by atoms with E-state index in [1.165, 1.54) is 12.3 Å². The molecule has 0 fully saturated rings. The van der Waals surface area contributed by atoms with Crippen LogP contribution in [0.25, 0.3) is 0 Å². The van der Waals surface area contributed by atoms with Crippen molar-refractivity contribution in [1.82, 2.24) is 4.57 Å². The Morgan fingerprint density at radius 3 is 2.57 bits per heavy atom. The van der Waals surface area contributed by atoms with E-state index in [2.05, 4.69) is 5.32 Å². The fourth-order valence-corrected chi connectivity index (χ4v) is 2.40. The second kappa shape index (κ2) is 6.52. The number of hydrogen-bond donors (Lipinski definition) is 1. The largest absolute Gasteiger partial charge is 0.324 e. The average Bonchev–Trinajstić information content (AvgIpc) is 2.39.